The molecule has 15 heavy (non-hydrogen) atoms. The minimum atomic E-state index is 0. The van der Waals surface area contributed by atoms with E-state index in [4.69, 9.17) is 0 Å². The van der Waals surface area contributed by atoms with Gasteiger partial charge in [0.1, 0.15) is 0 Å². The summed E-state index contributed by atoms with van der Waals surface area (Å²) in [6, 6.07) is 6.28. The molecule has 0 saturated carbocycles. The molecular weight excluding hydrogens is 358 g/mol. The van der Waals surface area contributed by atoms with E-state index >= 15 is 0 Å². The fraction of sp³-hybridized carbons (Fsp3) is 0.333. The zero-order valence-electron chi connectivity index (χ0n) is 9.08. The van der Waals surface area contributed by atoms with Gasteiger partial charge in [-0.25, -0.2) is 0 Å². The molecule has 0 N–H and O–H groups in total. The van der Waals surface area contributed by atoms with E-state index < -0.39 is 0 Å². The SMILES string of the molecule is CC(C)(C)c1ccc2n[c-]ncc2c1.[Re]. The van der Waals surface area contributed by atoms with E-state index in [-0.39, 0.29) is 25.8 Å². The molecule has 0 aliphatic carbocycles. The van der Waals surface area contributed by atoms with Gasteiger partial charge in [-0.15, -0.1) is 0 Å². The quantitative estimate of drug-likeness (QED) is 0.666. The van der Waals surface area contributed by atoms with Crippen LogP contribution in [0.2, 0.25) is 0 Å². The molecule has 0 amide bonds. The molecular formula is C12H13N2Re-. The van der Waals surface area contributed by atoms with Gasteiger partial charge in [0.05, 0.1) is 0 Å². The van der Waals surface area contributed by atoms with Gasteiger partial charge < -0.3 is 9.97 Å². The Morgan fingerprint density at radius 3 is 2.60 bits per heavy atom. The third-order valence-corrected chi connectivity index (χ3v) is 2.33. The molecule has 0 bridgehead atoms. The largest absolute Gasteiger partial charge is 0.374 e. The zero-order valence-corrected chi connectivity index (χ0v) is 11.8. The average molecular weight is 371 g/mol. The molecule has 3 heteroatoms. The minimum Gasteiger partial charge on any atom is -0.374 e. The average Bonchev–Trinajstić information content (AvgIpc) is 2.16. The van der Waals surface area contributed by atoms with Crippen molar-refractivity contribution >= 4 is 10.9 Å². The van der Waals surface area contributed by atoms with Gasteiger partial charge in [0.25, 0.3) is 0 Å². The molecule has 0 aliphatic heterocycles. The normalized spacial score (nSPS) is 11.1. The van der Waals surface area contributed by atoms with Crippen molar-refractivity contribution in [2.45, 2.75) is 26.2 Å². The molecule has 2 rings (SSSR count). The van der Waals surface area contributed by atoms with Crippen LogP contribution in [0.15, 0.2) is 24.4 Å². The second-order valence-electron chi connectivity index (χ2n) is 4.49. The van der Waals surface area contributed by atoms with Crippen LogP contribution in [-0.4, -0.2) is 9.97 Å². The van der Waals surface area contributed by atoms with E-state index in [0.717, 1.165) is 10.9 Å². The van der Waals surface area contributed by atoms with E-state index in [2.05, 4.69) is 49.2 Å². The van der Waals surface area contributed by atoms with Gasteiger partial charge in [-0.1, -0.05) is 50.6 Å². The maximum atomic E-state index is 4.07. The monoisotopic (exact) mass is 372 g/mol. The molecule has 2 aromatic rings. The number of hydrogen-bond donors (Lipinski definition) is 0. The van der Waals surface area contributed by atoms with Crippen molar-refractivity contribution < 1.29 is 20.4 Å². The first-order valence-electron chi connectivity index (χ1n) is 4.71. The van der Waals surface area contributed by atoms with Gasteiger partial charge in [0.15, 0.2) is 0 Å². The van der Waals surface area contributed by atoms with Crippen LogP contribution in [0.3, 0.4) is 0 Å². The topological polar surface area (TPSA) is 25.8 Å². The van der Waals surface area contributed by atoms with Crippen LogP contribution in [0, 0.1) is 6.33 Å². The summed E-state index contributed by atoms with van der Waals surface area (Å²) in [6.07, 6.45) is 4.40. The Labute approximate surface area is 104 Å². The molecule has 0 fully saturated rings. The third kappa shape index (κ3) is 2.62. The summed E-state index contributed by atoms with van der Waals surface area (Å²) in [5, 5.41) is 1.08. The molecule has 1 heterocycles. The summed E-state index contributed by atoms with van der Waals surface area (Å²) in [4.78, 5) is 7.97. The molecule has 0 saturated heterocycles. The number of rotatable bonds is 0. The van der Waals surface area contributed by atoms with Gasteiger partial charge in [0, 0.05) is 26.8 Å². The second kappa shape index (κ2) is 4.39. The molecule has 1 aromatic carbocycles. The summed E-state index contributed by atoms with van der Waals surface area (Å²) in [7, 11) is 0. The van der Waals surface area contributed by atoms with Crippen molar-refractivity contribution in [1.29, 1.82) is 0 Å². The molecule has 0 atom stereocenters. The molecule has 0 unspecified atom stereocenters. The smallest absolute Gasteiger partial charge is 0.0219 e. The van der Waals surface area contributed by atoms with Gasteiger partial charge >= 0.3 is 0 Å². The molecule has 2 nitrogen and oxygen atoms in total. The van der Waals surface area contributed by atoms with Crippen molar-refractivity contribution in [3.05, 3.63) is 36.3 Å². The van der Waals surface area contributed by atoms with Crippen molar-refractivity contribution in [3.63, 3.8) is 0 Å². The van der Waals surface area contributed by atoms with Crippen LogP contribution in [0.4, 0.5) is 0 Å². The van der Waals surface area contributed by atoms with E-state index in [1.54, 1.807) is 6.20 Å². The summed E-state index contributed by atoms with van der Waals surface area (Å²) < 4.78 is 0. The first kappa shape index (κ1) is 12.3. The number of fused-ring (bicyclic) bond motifs is 1. The fourth-order valence-electron chi connectivity index (χ4n) is 1.41. The van der Waals surface area contributed by atoms with E-state index in [1.807, 2.05) is 6.07 Å². The van der Waals surface area contributed by atoms with E-state index in [0.29, 0.717) is 0 Å². The summed E-state index contributed by atoms with van der Waals surface area (Å²) in [5.74, 6) is 0. The predicted octanol–water partition coefficient (Wildman–Crippen LogP) is 2.72. The van der Waals surface area contributed by atoms with Crippen LogP contribution in [0.5, 0.6) is 0 Å². The minimum absolute atomic E-state index is 0. The third-order valence-electron chi connectivity index (χ3n) is 2.33. The Hall–Kier alpha value is -0.778. The summed E-state index contributed by atoms with van der Waals surface area (Å²) >= 11 is 0. The van der Waals surface area contributed by atoms with Crippen LogP contribution in [0.25, 0.3) is 10.9 Å². The van der Waals surface area contributed by atoms with Crippen LogP contribution < -0.4 is 0 Å². The van der Waals surface area contributed by atoms with Crippen molar-refractivity contribution in [1.82, 2.24) is 9.97 Å². The molecule has 1 radical (unpaired) electrons. The fourth-order valence-corrected chi connectivity index (χ4v) is 1.41. The summed E-state index contributed by atoms with van der Waals surface area (Å²) in [5.41, 5.74) is 2.43. The van der Waals surface area contributed by atoms with Gasteiger partial charge in [-0.3, -0.25) is 0 Å². The maximum Gasteiger partial charge on any atom is 0.0219 e. The second-order valence-corrected chi connectivity index (χ2v) is 4.49. The Kier molecular flexibility index (Phi) is 3.59. The van der Waals surface area contributed by atoms with Crippen molar-refractivity contribution in [3.8, 4) is 0 Å². The van der Waals surface area contributed by atoms with Gasteiger partial charge in [-0.2, -0.15) is 0 Å². The predicted molar refractivity (Wildman–Crippen MR) is 57.1 cm³/mol. The first-order valence-corrected chi connectivity index (χ1v) is 4.71. The maximum absolute atomic E-state index is 4.07. The number of hydrogen-bond acceptors (Lipinski definition) is 2. The van der Waals surface area contributed by atoms with Crippen molar-refractivity contribution in [2.75, 3.05) is 0 Å². The Morgan fingerprint density at radius 1 is 1.20 bits per heavy atom. The van der Waals surface area contributed by atoms with Crippen LogP contribution in [-0.2, 0) is 25.8 Å². The molecule has 79 valence electrons. The molecule has 0 spiro atoms. The van der Waals surface area contributed by atoms with E-state index in [1.165, 1.54) is 5.56 Å². The van der Waals surface area contributed by atoms with Gasteiger partial charge in [0.2, 0.25) is 0 Å². The van der Waals surface area contributed by atoms with Crippen LogP contribution in [0.1, 0.15) is 26.3 Å². The van der Waals surface area contributed by atoms with Gasteiger partial charge in [-0.05, 0) is 16.5 Å². The number of benzene rings is 1. The Balaban J connectivity index is 0.00000112. The molecule has 1 aromatic heterocycles. The number of aromatic nitrogens is 2. The van der Waals surface area contributed by atoms with E-state index in [9.17, 15) is 0 Å². The summed E-state index contributed by atoms with van der Waals surface area (Å²) in [6.45, 7) is 6.60. The van der Waals surface area contributed by atoms with Crippen molar-refractivity contribution in [2.24, 2.45) is 0 Å². The Morgan fingerprint density at radius 2 is 1.93 bits per heavy atom. The standard InChI is InChI=1S/C12H13N2.Re/c1-12(2,3)10-4-5-11-9(6-10)7-13-8-14-11;/h4-7H,1-3H3;/q-1;. The number of nitrogens with zero attached hydrogens (tertiary/aromatic N) is 2. The zero-order chi connectivity index (χ0) is 10.2. The Bertz CT molecular complexity index is 460. The first-order chi connectivity index (χ1) is 6.57. The molecule has 0 aliphatic rings. The van der Waals surface area contributed by atoms with Crippen LogP contribution >= 0.6 is 0 Å².